The van der Waals surface area contributed by atoms with Crippen LogP contribution in [0.25, 0.3) is 0 Å². The van der Waals surface area contributed by atoms with Gasteiger partial charge in [0, 0.05) is 37.4 Å². The number of nitrogens with one attached hydrogen (secondary N) is 2. The molecule has 162 valence electrons. The molecule has 2 N–H and O–H groups in total. The topological polar surface area (TPSA) is 79.3 Å². The van der Waals surface area contributed by atoms with Crippen LogP contribution in [0.4, 0.5) is 0 Å². The predicted molar refractivity (Wildman–Crippen MR) is 114 cm³/mol. The quantitative estimate of drug-likeness (QED) is 0.777. The summed E-state index contributed by atoms with van der Waals surface area (Å²) in [4.78, 5) is 28.1. The zero-order valence-electron chi connectivity index (χ0n) is 17.1. The number of piperidine rings is 2. The van der Waals surface area contributed by atoms with E-state index in [-0.39, 0.29) is 30.1 Å². The first-order chi connectivity index (χ1) is 13.7. The predicted octanol–water partition coefficient (Wildman–Crippen LogP) is 2.07. The van der Waals surface area contributed by atoms with Gasteiger partial charge in [-0.3, -0.25) is 14.3 Å². The Hall–Kier alpha value is -1.60. The molecular formula is C21H34ClN5O2. The molecular weight excluding hydrogens is 390 g/mol. The van der Waals surface area contributed by atoms with Crippen molar-refractivity contribution in [3.63, 3.8) is 0 Å². The van der Waals surface area contributed by atoms with Gasteiger partial charge >= 0.3 is 0 Å². The van der Waals surface area contributed by atoms with Crippen LogP contribution in [0.3, 0.4) is 0 Å². The van der Waals surface area contributed by atoms with Gasteiger partial charge in [-0.1, -0.05) is 19.3 Å². The molecule has 3 fully saturated rings. The number of hydrogen-bond acceptors (Lipinski definition) is 4. The highest BCUT2D eigenvalue weighted by atomic mass is 35.5. The maximum absolute atomic E-state index is 13.5. The van der Waals surface area contributed by atoms with Gasteiger partial charge in [0.2, 0.25) is 5.91 Å². The van der Waals surface area contributed by atoms with E-state index in [0.29, 0.717) is 19.1 Å². The Bertz CT molecular complexity index is 661. The average Bonchev–Trinajstić information content (AvgIpc) is 3.30. The van der Waals surface area contributed by atoms with E-state index >= 15 is 0 Å². The molecule has 4 rings (SSSR count). The summed E-state index contributed by atoms with van der Waals surface area (Å²) < 4.78 is 1.86. The van der Waals surface area contributed by atoms with Crippen molar-refractivity contribution in [1.82, 2.24) is 25.3 Å². The lowest BCUT2D eigenvalue weighted by Crippen LogP contribution is -2.57. The third kappa shape index (κ3) is 4.77. The van der Waals surface area contributed by atoms with Gasteiger partial charge in [0.25, 0.3) is 5.91 Å². The first-order valence-electron chi connectivity index (χ1n) is 11.0. The van der Waals surface area contributed by atoms with Crippen LogP contribution in [0.15, 0.2) is 18.5 Å². The van der Waals surface area contributed by atoms with Crippen LogP contribution in [0, 0.1) is 5.92 Å². The van der Waals surface area contributed by atoms with Crippen LogP contribution in [0.1, 0.15) is 57.8 Å². The molecule has 1 aromatic rings. The smallest absolute Gasteiger partial charge is 0.250 e. The van der Waals surface area contributed by atoms with Crippen molar-refractivity contribution in [1.29, 1.82) is 0 Å². The van der Waals surface area contributed by atoms with Crippen molar-refractivity contribution in [2.24, 2.45) is 5.92 Å². The molecule has 0 unspecified atom stereocenters. The van der Waals surface area contributed by atoms with Crippen molar-refractivity contribution in [2.75, 3.05) is 26.2 Å². The standard InChI is InChI=1S/C21H33N5O2.ClH/c27-19(24-18-5-2-1-3-6-18)17-7-15-25(16-8-17)20(28)21(9-12-22-13-10-21)26-14-4-11-23-26;/h4,11,14,17-18,22H,1-3,5-10,12-13,15-16H2,(H,24,27);1H. The maximum Gasteiger partial charge on any atom is 0.250 e. The van der Waals surface area contributed by atoms with Crippen LogP contribution in [-0.4, -0.2) is 58.7 Å². The van der Waals surface area contributed by atoms with E-state index in [1.54, 1.807) is 6.20 Å². The van der Waals surface area contributed by atoms with E-state index in [2.05, 4.69) is 15.7 Å². The van der Waals surface area contributed by atoms with E-state index in [0.717, 1.165) is 51.6 Å². The van der Waals surface area contributed by atoms with Gasteiger partial charge in [-0.15, -0.1) is 12.4 Å². The number of carbonyl (C=O) groups excluding carboxylic acids is 2. The number of aromatic nitrogens is 2. The van der Waals surface area contributed by atoms with Crippen molar-refractivity contribution in [3.05, 3.63) is 18.5 Å². The summed E-state index contributed by atoms with van der Waals surface area (Å²) in [7, 11) is 0. The number of amides is 2. The first-order valence-corrected chi connectivity index (χ1v) is 11.0. The average molecular weight is 424 g/mol. The number of hydrogen-bond donors (Lipinski definition) is 2. The molecule has 8 heteroatoms. The Morgan fingerprint density at radius 3 is 2.34 bits per heavy atom. The fraction of sp³-hybridized carbons (Fsp3) is 0.762. The zero-order valence-corrected chi connectivity index (χ0v) is 18.0. The first kappa shape index (κ1) is 22.1. The summed E-state index contributed by atoms with van der Waals surface area (Å²) in [5, 5.41) is 11.0. The Morgan fingerprint density at radius 2 is 1.72 bits per heavy atom. The highest BCUT2D eigenvalue weighted by Crippen LogP contribution is 2.31. The molecule has 0 aromatic carbocycles. The minimum Gasteiger partial charge on any atom is -0.353 e. The van der Waals surface area contributed by atoms with Crippen LogP contribution >= 0.6 is 12.4 Å². The Labute approximate surface area is 179 Å². The Kier molecular flexibility index (Phi) is 7.57. The van der Waals surface area contributed by atoms with E-state index in [1.165, 1.54) is 19.3 Å². The largest absolute Gasteiger partial charge is 0.353 e. The summed E-state index contributed by atoms with van der Waals surface area (Å²) >= 11 is 0. The normalized spacial score (nSPS) is 23.2. The molecule has 0 bridgehead atoms. The van der Waals surface area contributed by atoms with Gasteiger partial charge < -0.3 is 15.5 Å². The minimum absolute atomic E-state index is 0. The van der Waals surface area contributed by atoms with Crippen molar-refractivity contribution in [3.8, 4) is 0 Å². The fourth-order valence-corrected chi connectivity index (χ4v) is 5.11. The molecule has 3 aliphatic rings. The molecule has 1 aromatic heterocycles. The molecule has 0 radical (unpaired) electrons. The molecule has 1 aliphatic carbocycles. The molecule has 2 aliphatic heterocycles. The number of likely N-dealkylation sites (tertiary alicyclic amines) is 1. The van der Waals surface area contributed by atoms with Crippen LogP contribution in [0.2, 0.25) is 0 Å². The van der Waals surface area contributed by atoms with Crippen molar-refractivity contribution in [2.45, 2.75) is 69.4 Å². The van der Waals surface area contributed by atoms with E-state index in [9.17, 15) is 9.59 Å². The number of carbonyl (C=O) groups is 2. The van der Waals surface area contributed by atoms with Gasteiger partial charge in [0.15, 0.2) is 0 Å². The fourth-order valence-electron chi connectivity index (χ4n) is 5.11. The molecule has 7 nitrogen and oxygen atoms in total. The molecule has 29 heavy (non-hydrogen) atoms. The zero-order chi connectivity index (χ0) is 19.4. The van der Waals surface area contributed by atoms with Gasteiger partial charge in [-0.2, -0.15) is 5.10 Å². The van der Waals surface area contributed by atoms with E-state index in [1.807, 2.05) is 21.8 Å². The minimum atomic E-state index is -0.577. The third-order valence-corrected chi connectivity index (χ3v) is 6.88. The second-order valence-electron chi connectivity index (χ2n) is 8.64. The van der Waals surface area contributed by atoms with Gasteiger partial charge in [-0.25, -0.2) is 0 Å². The summed E-state index contributed by atoms with van der Waals surface area (Å²) in [5.74, 6) is 0.408. The monoisotopic (exact) mass is 423 g/mol. The second-order valence-corrected chi connectivity index (χ2v) is 8.64. The Balaban J connectivity index is 0.00000240. The van der Waals surface area contributed by atoms with Crippen LogP contribution < -0.4 is 10.6 Å². The Morgan fingerprint density at radius 1 is 1.03 bits per heavy atom. The summed E-state index contributed by atoms with van der Waals surface area (Å²) in [5.41, 5.74) is -0.577. The molecule has 0 atom stereocenters. The second kappa shape index (κ2) is 9.94. The lowest BCUT2D eigenvalue weighted by atomic mass is 9.85. The molecule has 3 heterocycles. The SMILES string of the molecule is Cl.O=C(NC1CCCCC1)C1CCN(C(=O)C2(n3cccn3)CCNCC2)CC1. The van der Waals surface area contributed by atoms with Gasteiger partial charge in [-0.05, 0) is 57.7 Å². The van der Waals surface area contributed by atoms with Gasteiger partial charge in [0.1, 0.15) is 5.54 Å². The van der Waals surface area contributed by atoms with E-state index < -0.39 is 5.54 Å². The summed E-state index contributed by atoms with van der Waals surface area (Å²) in [6.45, 7) is 2.98. The molecule has 2 saturated heterocycles. The van der Waals surface area contributed by atoms with Crippen molar-refractivity contribution < 1.29 is 9.59 Å². The maximum atomic E-state index is 13.5. The van der Waals surface area contributed by atoms with Gasteiger partial charge in [0.05, 0.1) is 0 Å². The lowest BCUT2D eigenvalue weighted by Gasteiger charge is -2.42. The van der Waals surface area contributed by atoms with E-state index in [4.69, 9.17) is 0 Å². The summed E-state index contributed by atoms with van der Waals surface area (Å²) in [6.07, 6.45) is 12.7. The number of rotatable bonds is 4. The number of nitrogens with zero attached hydrogens (tertiary/aromatic N) is 3. The third-order valence-electron chi connectivity index (χ3n) is 6.88. The van der Waals surface area contributed by atoms with Crippen LogP contribution in [0.5, 0.6) is 0 Å². The number of halogens is 1. The van der Waals surface area contributed by atoms with Crippen LogP contribution in [-0.2, 0) is 15.1 Å². The highest BCUT2D eigenvalue weighted by Gasteiger charge is 2.45. The lowest BCUT2D eigenvalue weighted by molar-refractivity contribution is -0.146. The van der Waals surface area contributed by atoms with Crippen molar-refractivity contribution >= 4 is 24.2 Å². The molecule has 1 saturated carbocycles. The molecule has 0 spiro atoms. The summed E-state index contributed by atoms with van der Waals surface area (Å²) in [6, 6.07) is 2.25. The molecule has 2 amide bonds. The highest BCUT2D eigenvalue weighted by molar-refractivity contribution is 5.86.